The topological polar surface area (TPSA) is 9.23 Å². The smallest absolute Gasteiger partial charge is 0.404 e. The lowest BCUT2D eigenvalue weighted by Crippen LogP contribution is -2.17. The van der Waals surface area contributed by atoms with Crippen LogP contribution in [-0.4, -0.2) is 6.36 Å². The molecule has 0 bridgehead atoms. The Bertz CT molecular complexity index is 313. The van der Waals surface area contributed by atoms with Gasteiger partial charge in [-0.2, -0.15) is 0 Å². The molecule has 0 saturated carbocycles. The summed E-state index contributed by atoms with van der Waals surface area (Å²) in [6.07, 6.45) is -4.70. The highest BCUT2D eigenvalue weighted by atomic mass is 127. The number of hydrogen-bond donors (Lipinski definition) is 0. The van der Waals surface area contributed by atoms with Crippen molar-refractivity contribution in [1.82, 2.24) is 0 Å². The van der Waals surface area contributed by atoms with Crippen molar-refractivity contribution in [3.05, 3.63) is 26.8 Å². The molecular formula is C7H3ClF3IO. The number of ether oxygens (including phenoxy) is 1. The zero-order valence-corrected chi connectivity index (χ0v) is 8.94. The van der Waals surface area contributed by atoms with Crippen molar-refractivity contribution < 1.29 is 17.9 Å². The molecule has 1 aromatic carbocycles. The number of halogens is 5. The van der Waals surface area contributed by atoms with Gasteiger partial charge in [0.2, 0.25) is 0 Å². The molecule has 0 aliphatic heterocycles. The molecule has 72 valence electrons. The number of benzene rings is 1. The van der Waals surface area contributed by atoms with Gasteiger partial charge < -0.3 is 4.74 Å². The monoisotopic (exact) mass is 322 g/mol. The maximum absolute atomic E-state index is 11.7. The molecule has 1 aromatic rings. The minimum atomic E-state index is -4.70. The van der Waals surface area contributed by atoms with Crippen molar-refractivity contribution >= 4 is 34.2 Å². The van der Waals surface area contributed by atoms with E-state index in [-0.39, 0.29) is 10.8 Å². The summed E-state index contributed by atoms with van der Waals surface area (Å²) >= 11 is 7.44. The van der Waals surface area contributed by atoms with E-state index in [1.165, 1.54) is 18.2 Å². The second-order valence-corrected chi connectivity index (χ2v) is 3.78. The predicted octanol–water partition coefficient (Wildman–Crippen LogP) is 3.84. The van der Waals surface area contributed by atoms with Crippen LogP contribution in [0.3, 0.4) is 0 Å². The molecule has 13 heavy (non-hydrogen) atoms. The van der Waals surface area contributed by atoms with Crippen molar-refractivity contribution in [1.29, 1.82) is 0 Å². The Hall–Kier alpha value is -0.170. The summed E-state index contributed by atoms with van der Waals surface area (Å²) in [5.41, 5.74) is 0. The lowest BCUT2D eigenvalue weighted by Gasteiger charge is -2.09. The van der Waals surface area contributed by atoms with E-state index in [9.17, 15) is 13.2 Å². The molecule has 0 heterocycles. The van der Waals surface area contributed by atoms with E-state index in [0.29, 0.717) is 0 Å². The Morgan fingerprint density at radius 1 is 1.31 bits per heavy atom. The Morgan fingerprint density at radius 2 is 1.92 bits per heavy atom. The third-order valence-corrected chi connectivity index (χ3v) is 2.09. The molecule has 0 fully saturated rings. The third kappa shape index (κ3) is 3.60. The van der Waals surface area contributed by atoms with Gasteiger partial charge in [0.15, 0.2) is 0 Å². The van der Waals surface area contributed by atoms with Crippen molar-refractivity contribution in [2.24, 2.45) is 0 Å². The molecule has 0 atom stereocenters. The van der Waals surface area contributed by atoms with E-state index >= 15 is 0 Å². The maximum Gasteiger partial charge on any atom is 0.573 e. The number of rotatable bonds is 1. The van der Waals surface area contributed by atoms with E-state index in [1.54, 1.807) is 0 Å². The summed E-state index contributed by atoms with van der Waals surface area (Å²) in [7, 11) is 0. The van der Waals surface area contributed by atoms with E-state index in [2.05, 4.69) is 4.74 Å². The number of alkyl halides is 3. The highest BCUT2D eigenvalue weighted by Crippen LogP contribution is 2.30. The quantitative estimate of drug-likeness (QED) is 0.714. The van der Waals surface area contributed by atoms with Crippen LogP contribution in [0.5, 0.6) is 5.75 Å². The Balaban J connectivity index is 2.90. The molecule has 0 spiro atoms. The second kappa shape index (κ2) is 3.91. The summed E-state index contributed by atoms with van der Waals surface area (Å²) in [5.74, 6) is -0.380. The van der Waals surface area contributed by atoms with Crippen LogP contribution in [0.25, 0.3) is 0 Å². The first kappa shape index (κ1) is 10.9. The largest absolute Gasteiger partial charge is 0.573 e. The van der Waals surface area contributed by atoms with E-state index in [1.807, 2.05) is 22.6 Å². The summed E-state index contributed by atoms with van der Waals surface area (Å²) in [4.78, 5) is 0. The van der Waals surface area contributed by atoms with Gasteiger partial charge in [-0.15, -0.1) is 13.2 Å². The van der Waals surface area contributed by atoms with Gasteiger partial charge in [0.05, 0.1) is 5.02 Å². The van der Waals surface area contributed by atoms with Crippen LogP contribution in [0.1, 0.15) is 0 Å². The summed E-state index contributed by atoms with van der Waals surface area (Å²) in [6.45, 7) is 0. The van der Waals surface area contributed by atoms with Gasteiger partial charge in [0.25, 0.3) is 0 Å². The molecule has 1 rings (SSSR count). The lowest BCUT2D eigenvalue weighted by atomic mass is 10.3. The van der Waals surface area contributed by atoms with Crippen LogP contribution in [0, 0.1) is 3.57 Å². The molecule has 0 aliphatic carbocycles. The van der Waals surface area contributed by atoms with Crippen molar-refractivity contribution in [2.45, 2.75) is 6.36 Å². The SMILES string of the molecule is FC(F)(F)Oc1ccc(I)cc1Cl. The van der Waals surface area contributed by atoms with E-state index < -0.39 is 6.36 Å². The maximum atomic E-state index is 11.7. The minimum Gasteiger partial charge on any atom is -0.404 e. The van der Waals surface area contributed by atoms with Crippen molar-refractivity contribution in [3.63, 3.8) is 0 Å². The van der Waals surface area contributed by atoms with Crippen LogP contribution < -0.4 is 4.74 Å². The Kier molecular flexibility index (Phi) is 3.28. The molecule has 0 saturated heterocycles. The Morgan fingerprint density at radius 3 is 2.38 bits per heavy atom. The molecule has 0 unspecified atom stereocenters. The fourth-order valence-corrected chi connectivity index (χ4v) is 1.58. The highest BCUT2D eigenvalue weighted by molar-refractivity contribution is 14.1. The van der Waals surface area contributed by atoms with Crippen molar-refractivity contribution in [2.75, 3.05) is 0 Å². The average Bonchev–Trinajstić information content (AvgIpc) is 1.93. The first-order valence-electron chi connectivity index (χ1n) is 3.09. The average molecular weight is 322 g/mol. The number of hydrogen-bond acceptors (Lipinski definition) is 1. The van der Waals surface area contributed by atoms with Gasteiger partial charge >= 0.3 is 6.36 Å². The van der Waals surface area contributed by atoms with Crippen LogP contribution in [0.15, 0.2) is 18.2 Å². The first-order chi connectivity index (χ1) is 5.88. The molecule has 6 heteroatoms. The normalized spacial score (nSPS) is 11.5. The van der Waals surface area contributed by atoms with Crippen LogP contribution >= 0.6 is 34.2 Å². The molecule has 0 N–H and O–H groups in total. The third-order valence-electron chi connectivity index (χ3n) is 1.12. The van der Waals surface area contributed by atoms with Gasteiger partial charge in [-0.3, -0.25) is 0 Å². The fraction of sp³-hybridized carbons (Fsp3) is 0.143. The van der Waals surface area contributed by atoms with E-state index in [0.717, 1.165) is 3.57 Å². The molecule has 0 amide bonds. The zero-order chi connectivity index (χ0) is 10.1. The summed E-state index contributed by atoms with van der Waals surface area (Å²) < 4.78 is 39.6. The summed E-state index contributed by atoms with van der Waals surface area (Å²) in [5, 5.41) is -0.0516. The first-order valence-corrected chi connectivity index (χ1v) is 4.55. The van der Waals surface area contributed by atoms with Crippen molar-refractivity contribution in [3.8, 4) is 5.75 Å². The summed E-state index contributed by atoms with van der Waals surface area (Å²) in [6, 6.07) is 4.05. The molecule has 0 aromatic heterocycles. The fourth-order valence-electron chi connectivity index (χ4n) is 0.683. The molecular weight excluding hydrogens is 319 g/mol. The Labute approximate surface area is 91.0 Å². The van der Waals surface area contributed by atoms with E-state index in [4.69, 9.17) is 11.6 Å². The van der Waals surface area contributed by atoms with Crippen LogP contribution in [-0.2, 0) is 0 Å². The minimum absolute atomic E-state index is 0.0516. The molecule has 0 aliphatic rings. The van der Waals surface area contributed by atoms with Gasteiger partial charge in [-0.05, 0) is 40.8 Å². The molecule has 1 nitrogen and oxygen atoms in total. The van der Waals surface area contributed by atoms with Crippen LogP contribution in [0.4, 0.5) is 13.2 Å². The predicted molar refractivity (Wildman–Crippen MR) is 50.9 cm³/mol. The standard InChI is InChI=1S/C7H3ClF3IO/c8-5-3-4(12)1-2-6(5)13-7(9,10)11/h1-3H. The zero-order valence-electron chi connectivity index (χ0n) is 6.03. The van der Waals surface area contributed by atoms with Gasteiger partial charge in [0.1, 0.15) is 5.75 Å². The van der Waals surface area contributed by atoms with Gasteiger partial charge in [-0.25, -0.2) is 0 Å². The molecule has 0 radical (unpaired) electrons. The lowest BCUT2D eigenvalue weighted by molar-refractivity contribution is -0.274. The van der Waals surface area contributed by atoms with Gasteiger partial charge in [0, 0.05) is 3.57 Å². The second-order valence-electron chi connectivity index (χ2n) is 2.12. The van der Waals surface area contributed by atoms with Gasteiger partial charge in [-0.1, -0.05) is 11.6 Å². The highest BCUT2D eigenvalue weighted by Gasteiger charge is 2.31. The van der Waals surface area contributed by atoms with Crippen LogP contribution in [0.2, 0.25) is 5.02 Å².